The van der Waals surface area contributed by atoms with Crippen molar-refractivity contribution in [2.75, 3.05) is 13.1 Å². The molecule has 9 heteroatoms. The van der Waals surface area contributed by atoms with Gasteiger partial charge in [0.15, 0.2) is 0 Å². The molecule has 1 atom stereocenters. The van der Waals surface area contributed by atoms with Gasteiger partial charge in [0.25, 0.3) is 10.0 Å². The Morgan fingerprint density at radius 3 is 2.82 bits per heavy atom. The molecule has 0 aromatic carbocycles. The molecule has 1 fully saturated rings. The molecule has 1 unspecified atom stereocenters. The van der Waals surface area contributed by atoms with E-state index < -0.39 is 10.0 Å². The number of aromatic nitrogens is 1. The molecule has 0 spiro atoms. The van der Waals surface area contributed by atoms with Gasteiger partial charge in [0.05, 0.1) is 15.6 Å². The molecule has 0 aliphatic carbocycles. The summed E-state index contributed by atoms with van der Waals surface area (Å²) in [5, 5.41) is 2.93. The van der Waals surface area contributed by atoms with E-state index in [0.29, 0.717) is 17.3 Å². The minimum absolute atomic E-state index is 0. The molecule has 3 rings (SSSR count). The molecule has 122 valence electrons. The van der Waals surface area contributed by atoms with Gasteiger partial charge < -0.3 is 5.73 Å². The highest BCUT2D eigenvalue weighted by atomic mass is 35.5. The summed E-state index contributed by atoms with van der Waals surface area (Å²) in [5.41, 5.74) is 6.73. The van der Waals surface area contributed by atoms with Crippen molar-refractivity contribution in [2.45, 2.75) is 30.0 Å². The van der Waals surface area contributed by atoms with Gasteiger partial charge in [-0.3, -0.25) is 0 Å². The molecule has 1 saturated heterocycles. The standard InChI is InChI=1S/C13H17N3O2S3.ClH/c1-9-15-11(8-19-9)12-4-5-13(20-12)21(17,18)16-6-2-3-10(14)7-16;/h4-5,8,10H,2-3,6-7,14H2,1H3;1H. The second-order valence-electron chi connectivity index (χ2n) is 5.14. The molecule has 0 saturated carbocycles. The van der Waals surface area contributed by atoms with Gasteiger partial charge in [-0.1, -0.05) is 0 Å². The molecule has 0 radical (unpaired) electrons. The van der Waals surface area contributed by atoms with Crippen LogP contribution >= 0.6 is 35.1 Å². The number of halogens is 1. The van der Waals surface area contributed by atoms with Crippen LogP contribution in [0.25, 0.3) is 10.6 Å². The molecule has 1 aliphatic rings. The molecule has 22 heavy (non-hydrogen) atoms. The van der Waals surface area contributed by atoms with Gasteiger partial charge in [-0.05, 0) is 31.9 Å². The predicted molar refractivity (Wildman–Crippen MR) is 93.4 cm³/mol. The third-order valence-electron chi connectivity index (χ3n) is 3.47. The van der Waals surface area contributed by atoms with E-state index in [4.69, 9.17) is 5.73 Å². The number of thiophene rings is 1. The molecule has 1 aliphatic heterocycles. The van der Waals surface area contributed by atoms with Gasteiger partial charge in [0, 0.05) is 24.5 Å². The lowest BCUT2D eigenvalue weighted by molar-refractivity contribution is 0.316. The number of hydrogen-bond donors (Lipinski definition) is 1. The molecule has 2 aromatic heterocycles. The summed E-state index contributed by atoms with van der Waals surface area (Å²) in [7, 11) is -3.43. The highest BCUT2D eigenvalue weighted by molar-refractivity contribution is 7.91. The predicted octanol–water partition coefficient (Wildman–Crippen LogP) is 2.71. The summed E-state index contributed by atoms with van der Waals surface area (Å²) < 4.78 is 27.2. The Hall–Kier alpha value is -0.510. The van der Waals surface area contributed by atoms with Crippen LogP contribution in [0.15, 0.2) is 21.7 Å². The average molecular weight is 380 g/mol. The van der Waals surface area contributed by atoms with Gasteiger partial charge >= 0.3 is 0 Å². The van der Waals surface area contributed by atoms with E-state index in [1.54, 1.807) is 17.4 Å². The van der Waals surface area contributed by atoms with Crippen LogP contribution in [0.5, 0.6) is 0 Å². The lowest BCUT2D eigenvalue weighted by Gasteiger charge is -2.29. The van der Waals surface area contributed by atoms with E-state index in [2.05, 4.69) is 4.98 Å². The second kappa shape index (κ2) is 6.94. The molecule has 2 aromatic rings. The van der Waals surface area contributed by atoms with Gasteiger partial charge in [0.2, 0.25) is 0 Å². The zero-order chi connectivity index (χ0) is 15.0. The van der Waals surface area contributed by atoms with E-state index in [1.165, 1.54) is 15.6 Å². The van der Waals surface area contributed by atoms with Crippen LogP contribution in [0.1, 0.15) is 17.8 Å². The molecule has 0 bridgehead atoms. The van der Waals surface area contributed by atoms with Crippen LogP contribution in [-0.4, -0.2) is 36.8 Å². The maximum Gasteiger partial charge on any atom is 0.252 e. The van der Waals surface area contributed by atoms with E-state index in [-0.39, 0.29) is 18.4 Å². The maximum atomic E-state index is 12.6. The van der Waals surface area contributed by atoms with Crippen LogP contribution in [0, 0.1) is 6.92 Å². The fourth-order valence-electron chi connectivity index (χ4n) is 2.39. The molecular weight excluding hydrogens is 362 g/mol. The van der Waals surface area contributed by atoms with Crippen LogP contribution in [0.3, 0.4) is 0 Å². The van der Waals surface area contributed by atoms with Gasteiger partial charge in [-0.2, -0.15) is 4.31 Å². The maximum absolute atomic E-state index is 12.6. The molecule has 0 amide bonds. The van der Waals surface area contributed by atoms with Crippen LogP contribution < -0.4 is 5.73 Å². The Kier molecular flexibility index (Phi) is 5.63. The number of nitrogens with two attached hydrogens (primary N) is 1. The highest BCUT2D eigenvalue weighted by Crippen LogP contribution is 2.33. The number of aryl methyl sites for hydroxylation is 1. The zero-order valence-electron chi connectivity index (χ0n) is 12.1. The number of sulfonamides is 1. The first-order valence-electron chi connectivity index (χ1n) is 6.75. The van der Waals surface area contributed by atoms with Crippen molar-refractivity contribution in [3.8, 4) is 10.6 Å². The van der Waals surface area contributed by atoms with Gasteiger partial charge in [-0.15, -0.1) is 35.1 Å². The monoisotopic (exact) mass is 379 g/mol. The van der Waals surface area contributed by atoms with Gasteiger partial charge in [0.1, 0.15) is 4.21 Å². The second-order valence-corrected chi connectivity index (χ2v) is 9.45. The SMILES string of the molecule is Cc1nc(-c2ccc(S(=O)(=O)N3CCCC(N)C3)s2)cs1.Cl. The summed E-state index contributed by atoms with van der Waals surface area (Å²) in [4.78, 5) is 5.29. The molecule has 3 heterocycles. The molecular formula is C13H18ClN3O2S3. The van der Waals surface area contributed by atoms with E-state index >= 15 is 0 Å². The number of rotatable bonds is 3. The third kappa shape index (κ3) is 3.52. The molecule has 2 N–H and O–H groups in total. The van der Waals surface area contributed by atoms with Crippen molar-refractivity contribution in [2.24, 2.45) is 5.73 Å². The Morgan fingerprint density at radius 2 is 2.18 bits per heavy atom. The summed E-state index contributed by atoms with van der Waals surface area (Å²) in [6.07, 6.45) is 1.71. The smallest absolute Gasteiger partial charge is 0.252 e. The average Bonchev–Trinajstić information content (AvgIpc) is 3.07. The Labute approximate surface area is 144 Å². The van der Waals surface area contributed by atoms with Crippen molar-refractivity contribution >= 4 is 45.1 Å². The number of thiazole rings is 1. The topological polar surface area (TPSA) is 76.3 Å². The lowest BCUT2D eigenvalue weighted by atomic mass is 10.1. The van der Waals surface area contributed by atoms with E-state index in [0.717, 1.165) is 28.4 Å². The summed E-state index contributed by atoms with van der Waals surface area (Å²) >= 11 is 2.84. The summed E-state index contributed by atoms with van der Waals surface area (Å²) in [5.74, 6) is 0. The van der Waals surface area contributed by atoms with Crippen molar-refractivity contribution < 1.29 is 8.42 Å². The van der Waals surface area contributed by atoms with Crippen molar-refractivity contribution in [3.63, 3.8) is 0 Å². The Bertz CT molecular complexity index is 741. The fourth-order valence-corrected chi connectivity index (χ4v) is 6.04. The summed E-state index contributed by atoms with van der Waals surface area (Å²) in [6, 6.07) is 3.44. The minimum Gasteiger partial charge on any atom is -0.327 e. The third-order valence-corrected chi connectivity index (χ3v) is 7.68. The largest absolute Gasteiger partial charge is 0.327 e. The first-order chi connectivity index (χ1) is 9.96. The van der Waals surface area contributed by atoms with Gasteiger partial charge in [-0.25, -0.2) is 13.4 Å². The number of piperidine rings is 1. The van der Waals surface area contributed by atoms with E-state index in [9.17, 15) is 8.42 Å². The zero-order valence-corrected chi connectivity index (χ0v) is 15.3. The quantitative estimate of drug-likeness (QED) is 0.889. The number of hydrogen-bond acceptors (Lipinski definition) is 6. The number of nitrogens with zero attached hydrogens (tertiary/aromatic N) is 2. The molecule has 5 nitrogen and oxygen atoms in total. The van der Waals surface area contributed by atoms with Crippen LogP contribution in [-0.2, 0) is 10.0 Å². The Morgan fingerprint density at radius 1 is 1.41 bits per heavy atom. The van der Waals surface area contributed by atoms with Crippen molar-refractivity contribution in [3.05, 3.63) is 22.5 Å². The first kappa shape index (κ1) is 17.8. The fraction of sp³-hybridized carbons (Fsp3) is 0.462. The van der Waals surface area contributed by atoms with Crippen molar-refractivity contribution in [1.29, 1.82) is 0 Å². The normalized spacial score (nSPS) is 19.8. The van der Waals surface area contributed by atoms with Crippen LogP contribution in [0.4, 0.5) is 0 Å². The Balaban J connectivity index is 0.00000176. The first-order valence-corrected chi connectivity index (χ1v) is 9.88. The van der Waals surface area contributed by atoms with E-state index in [1.807, 2.05) is 18.4 Å². The summed E-state index contributed by atoms with van der Waals surface area (Å²) in [6.45, 7) is 2.90. The lowest BCUT2D eigenvalue weighted by Crippen LogP contribution is -2.45. The van der Waals surface area contributed by atoms with Crippen LogP contribution in [0.2, 0.25) is 0 Å². The van der Waals surface area contributed by atoms with Crippen molar-refractivity contribution in [1.82, 2.24) is 9.29 Å². The highest BCUT2D eigenvalue weighted by Gasteiger charge is 2.30. The minimum atomic E-state index is -3.43.